The highest BCUT2D eigenvalue weighted by Crippen LogP contribution is 2.28. The van der Waals surface area contributed by atoms with Crippen molar-refractivity contribution in [3.8, 4) is 17.1 Å². The molecule has 0 spiro atoms. The molecular weight excluding hydrogens is 454 g/mol. The number of benzene rings is 2. The third-order valence-electron chi connectivity index (χ3n) is 5.30. The SMILES string of the molecule is COc1ccc(-c2nnc(SCC(=O)Nc3ccc(NC(C)=O)cc3)n2CC2CCCO2)cc1. The molecule has 1 atom stereocenters. The number of methoxy groups -OCH3 is 1. The van der Waals surface area contributed by atoms with Crippen LogP contribution in [0.1, 0.15) is 19.8 Å². The summed E-state index contributed by atoms with van der Waals surface area (Å²) >= 11 is 1.33. The van der Waals surface area contributed by atoms with Gasteiger partial charge in [-0.3, -0.25) is 14.2 Å². The van der Waals surface area contributed by atoms with E-state index < -0.39 is 0 Å². The van der Waals surface area contributed by atoms with Crippen LogP contribution in [0.4, 0.5) is 11.4 Å². The first kappa shape index (κ1) is 23.8. The van der Waals surface area contributed by atoms with Crippen LogP contribution >= 0.6 is 11.8 Å². The van der Waals surface area contributed by atoms with Gasteiger partial charge < -0.3 is 20.1 Å². The number of carbonyl (C=O) groups is 2. The van der Waals surface area contributed by atoms with Crippen LogP contribution in [0, 0.1) is 0 Å². The van der Waals surface area contributed by atoms with Gasteiger partial charge in [0.05, 0.1) is 25.5 Å². The summed E-state index contributed by atoms with van der Waals surface area (Å²) < 4.78 is 13.1. The van der Waals surface area contributed by atoms with Gasteiger partial charge in [0.25, 0.3) is 0 Å². The summed E-state index contributed by atoms with van der Waals surface area (Å²) in [5.74, 6) is 1.38. The third-order valence-corrected chi connectivity index (χ3v) is 6.26. The molecule has 1 fully saturated rings. The Morgan fingerprint density at radius 3 is 2.41 bits per heavy atom. The molecule has 178 valence electrons. The summed E-state index contributed by atoms with van der Waals surface area (Å²) in [6, 6.07) is 14.6. The molecule has 1 aliphatic rings. The molecule has 0 radical (unpaired) electrons. The number of amides is 2. The van der Waals surface area contributed by atoms with E-state index in [0.29, 0.717) is 23.1 Å². The zero-order chi connectivity index (χ0) is 23.9. The summed E-state index contributed by atoms with van der Waals surface area (Å²) in [4.78, 5) is 23.7. The number of hydrogen-bond acceptors (Lipinski definition) is 7. The number of aromatic nitrogens is 3. The smallest absolute Gasteiger partial charge is 0.234 e. The van der Waals surface area contributed by atoms with Gasteiger partial charge in [-0.2, -0.15) is 0 Å². The number of nitrogens with zero attached hydrogens (tertiary/aromatic N) is 3. The third kappa shape index (κ3) is 6.15. The molecule has 0 aliphatic carbocycles. The van der Waals surface area contributed by atoms with Crippen molar-refractivity contribution >= 4 is 35.0 Å². The zero-order valence-corrected chi connectivity index (χ0v) is 19.9. The van der Waals surface area contributed by atoms with Crippen LogP contribution in [0.2, 0.25) is 0 Å². The molecule has 2 N–H and O–H groups in total. The number of thioether (sulfide) groups is 1. The monoisotopic (exact) mass is 481 g/mol. The second-order valence-corrected chi connectivity index (χ2v) is 8.82. The Kier molecular flexibility index (Phi) is 7.81. The molecule has 34 heavy (non-hydrogen) atoms. The van der Waals surface area contributed by atoms with Crippen molar-refractivity contribution < 1.29 is 19.1 Å². The van der Waals surface area contributed by atoms with Crippen LogP contribution in [0.3, 0.4) is 0 Å². The van der Waals surface area contributed by atoms with E-state index in [9.17, 15) is 9.59 Å². The van der Waals surface area contributed by atoms with Gasteiger partial charge in [0.1, 0.15) is 5.75 Å². The maximum Gasteiger partial charge on any atom is 0.234 e. The average molecular weight is 482 g/mol. The van der Waals surface area contributed by atoms with Gasteiger partial charge in [-0.05, 0) is 61.4 Å². The van der Waals surface area contributed by atoms with Crippen molar-refractivity contribution in [2.45, 2.75) is 37.6 Å². The number of ether oxygens (including phenoxy) is 2. The molecule has 1 saturated heterocycles. The maximum absolute atomic E-state index is 12.6. The van der Waals surface area contributed by atoms with E-state index >= 15 is 0 Å². The molecular formula is C24H27N5O4S. The van der Waals surface area contributed by atoms with Gasteiger partial charge in [0.15, 0.2) is 11.0 Å². The highest BCUT2D eigenvalue weighted by atomic mass is 32.2. The Morgan fingerprint density at radius 2 is 1.79 bits per heavy atom. The predicted molar refractivity (Wildman–Crippen MR) is 131 cm³/mol. The molecule has 2 aromatic carbocycles. The van der Waals surface area contributed by atoms with Gasteiger partial charge in [0, 0.05) is 30.5 Å². The Balaban J connectivity index is 1.44. The number of nitrogens with one attached hydrogen (secondary N) is 2. The van der Waals surface area contributed by atoms with Gasteiger partial charge in [-0.25, -0.2) is 0 Å². The highest BCUT2D eigenvalue weighted by molar-refractivity contribution is 7.99. The van der Waals surface area contributed by atoms with E-state index in [-0.39, 0.29) is 23.7 Å². The van der Waals surface area contributed by atoms with Crippen LogP contribution in [-0.2, 0) is 20.9 Å². The summed E-state index contributed by atoms with van der Waals surface area (Å²) in [7, 11) is 1.63. The molecule has 4 rings (SSSR count). The lowest BCUT2D eigenvalue weighted by Gasteiger charge is -2.15. The van der Waals surface area contributed by atoms with E-state index in [2.05, 4.69) is 20.8 Å². The second-order valence-electron chi connectivity index (χ2n) is 7.88. The summed E-state index contributed by atoms with van der Waals surface area (Å²) in [6.45, 7) is 2.84. The summed E-state index contributed by atoms with van der Waals surface area (Å²) in [6.07, 6.45) is 2.12. The largest absolute Gasteiger partial charge is 0.497 e. The fraction of sp³-hybridized carbons (Fsp3) is 0.333. The number of hydrogen-bond donors (Lipinski definition) is 2. The van der Waals surface area contributed by atoms with E-state index in [1.807, 2.05) is 28.8 Å². The predicted octanol–water partition coefficient (Wildman–Crippen LogP) is 3.82. The first-order chi connectivity index (χ1) is 16.5. The number of carbonyl (C=O) groups excluding carboxylic acids is 2. The molecule has 9 nitrogen and oxygen atoms in total. The zero-order valence-electron chi connectivity index (χ0n) is 19.1. The minimum atomic E-state index is -0.157. The van der Waals surface area contributed by atoms with Gasteiger partial charge >= 0.3 is 0 Å². The average Bonchev–Trinajstić information content (AvgIpc) is 3.49. The lowest BCUT2D eigenvalue weighted by Crippen LogP contribution is -2.18. The highest BCUT2D eigenvalue weighted by Gasteiger charge is 2.22. The minimum absolute atomic E-state index is 0.100. The first-order valence-corrected chi connectivity index (χ1v) is 12.0. The molecule has 3 aromatic rings. The van der Waals surface area contributed by atoms with Gasteiger partial charge in [0.2, 0.25) is 11.8 Å². The molecule has 0 bridgehead atoms. The summed E-state index contributed by atoms with van der Waals surface area (Å²) in [5, 5.41) is 15.0. The quantitative estimate of drug-likeness (QED) is 0.447. The van der Waals surface area contributed by atoms with Crippen LogP contribution in [0.25, 0.3) is 11.4 Å². The van der Waals surface area contributed by atoms with Crippen molar-refractivity contribution in [3.05, 3.63) is 48.5 Å². The topological polar surface area (TPSA) is 107 Å². The summed E-state index contributed by atoms with van der Waals surface area (Å²) in [5.41, 5.74) is 2.24. The second kappa shape index (κ2) is 11.2. The van der Waals surface area contributed by atoms with Crippen LogP contribution in [-0.4, -0.2) is 52.2 Å². The van der Waals surface area contributed by atoms with Crippen molar-refractivity contribution in [3.63, 3.8) is 0 Å². The lowest BCUT2D eigenvalue weighted by molar-refractivity contribution is -0.114. The lowest BCUT2D eigenvalue weighted by atomic mass is 10.2. The molecule has 10 heteroatoms. The van der Waals surface area contributed by atoms with Crippen molar-refractivity contribution in [1.29, 1.82) is 0 Å². The fourth-order valence-corrected chi connectivity index (χ4v) is 4.42. The van der Waals surface area contributed by atoms with Gasteiger partial charge in [-0.1, -0.05) is 11.8 Å². The number of rotatable bonds is 9. The molecule has 2 amide bonds. The standard InChI is InChI=1S/C24H27N5O4S/c1-16(30)25-18-7-9-19(10-8-18)26-22(31)15-34-24-28-27-23(17-5-11-20(32-2)12-6-17)29(24)14-21-4-3-13-33-21/h5-12,21H,3-4,13-15H2,1-2H3,(H,25,30)(H,26,31). The Hall–Kier alpha value is -3.37. The van der Waals surface area contributed by atoms with Crippen molar-refractivity contribution in [2.24, 2.45) is 0 Å². The molecule has 0 saturated carbocycles. The Labute approximate surface area is 202 Å². The molecule has 2 heterocycles. The van der Waals surface area contributed by atoms with E-state index in [0.717, 1.165) is 36.6 Å². The fourth-order valence-electron chi connectivity index (χ4n) is 3.67. The number of anilines is 2. The van der Waals surface area contributed by atoms with Gasteiger partial charge in [-0.15, -0.1) is 10.2 Å². The molecule has 1 aliphatic heterocycles. The minimum Gasteiger partial charge on any atom is -0.497 e. The van der Waals surface area contributed by atoms with Crippen molar-refractivity contribution in [2.75, 3.05) is 30.1 Å². The first-order valence-electron chi connectivity index (χ1n) is 11.0. The molecule has 1 aromatic heterocycles. The van der Waals surface area contributed by atoms with E-state index in [1.165, 1.54) is 18.7 Å². The van der Waals surface area contributed by atoms with Crippen LogP contribution in [0.5, 0.6) is 5.75 Å². The van der Waals surface area contributed by atoms with Crippen LogP contribution in [0.15, 0.2) is 53.7 Å². The maximum atomic E-state index is 12.6. The normalized spacial score (nSPS) is 15.2. The molecule has 1 unspecified atom stereocenters. The Bertz CT molecular complexity index is 1130. The van der Waals surface area contributed by atoms with E-state index in [1.54, 1.807) is 31.4 Å². The van der Waals surface area contributed by atoms with E-state index in [4.69, 9.17) is 9.47 Å². The Morgan fingerprint density at radius 1 is 1.09 bits per heavy atom. The van der Waals surface area contributed by atoms with Crippen molar-refractivity contribution in [1.82, 2.24) is 14.8 Å². The van der Waals surface area contributed by atoms with Crippen LogP contribution < -0.4 is 15.4 Å².